The number of ether oxygens (including phenoxy) is 1. The van der Waals surface area contributed by atoms with E-state index < -0.39 is 0 Å². The second-order valence-corrected chi connectivity index (χ2v) is 5.41. The number of hydrogen-bond acceptors (Lipinski definition) is 3. The lowest BCUT2D eigenvalue weighted by atomic mass is 9.94. The molecule has 2 rings (SSSR count). The van der Waals surface area contributed by atoms with Crippen molar-refractivity contribution in [2.24, 2.45) is 7.05 Å². The summed E-state index contributed by atoms with van der Waals surface area (Å²) < 4.78 is 6.82. The lowest BCUT2D eigenvalue weighted by Crippen LogP contribution is -2.11. The monoisotopic (exact) mass is 286 g/mol. The summed E-state index contributed by atoms with van der Waals surface area (Å²) in [6.45, 7) is 8.31. The molecule has 0 unspecified atom stereocenters. The molecule has 0 saturated heterocycles. The molecule has 1 heterocycles. The molecule has 0 fully saturated rings. The first-order valence-electron chi connectivity index (χ1n) is 7.07. The standard InChI is InChI=1S/C17H22N2O2/c1-6-21-17(20)16-15(18)13(9-19(16)5)14-11(3)7-10(2)8-12(14)4/h7-9H,6,18H2,1-5H3. The minimum atomic E-state index is -0.383. The number of hydrogen-bond donors (Lipinski definition) is 1. The van der Waals surface area contributed by atoms with E-state index in [0.29, 0.717) is 18.0 Å². The predicted octanol–water partition coefficient (Wildman–Crippen LogP) is 3.38. The predicted molar refractivity (Wildman–Crippen MR) is 85.4 cm³/mol. The van der Waals surface area contributed by atoms with Crippen molar-refractivity contribution in [1.29, 1.82) is 0 Å². The number of carbonyl (C=O) groups excluding carboxylic acids is 1. The fourth-order valence-electron chi connectivity index (χ4n) is 2.90. The van der Waals surface area contributed by atoms with Crippen molar-refractivity contribution in [2.45, 2.75) is 27.7 Å². The molecule has 1 aromatic carbocycles. The Morgan fingerprint density at radius 1 is 1.24 bits per heavy atom. The summed E-state index contributed by atoms with van der Waals surface area (Å²) in [4.78, 5) is 12.0. The van der Waals surface area contributed by atoms with Crippen molar-refractivity contribution in [3.05, 3.63) is 40.7 Å². The third kappa shape index (κ3) is 2.66. The highest BCUT2D eigenvalue weighted by molar-refractivity contribution is 5.99. The zero-order valence-corrected chi connectivity index (χ0v) is 13.3. The van der Waals surface area contributed by atoms with Crippen LogP contribution in [0.3, 0.4) is 0 Å². The minimum Gasteiger partial charge on any atom is -0.461 e. The van der Waals surface area contributed by atoms with Crippen LogP contribution in [0.1, 0.15) is 34.1 Å². The fourth-order valence-corrected chi connectivity index (χ4v) is 2.90. The summed E-state index contributed by atoms with van der Waals surface area (Å²) in [6.07, 6.45) is 1.90. The molecule has 2 aromatic rings. The number of nitrogen functional groups attached to an aromatic ring is 1. The number of rotatable bonds is 3. The van der Waals surface area contributed by atoms with E-state index in [1.807, 2.05) is 13.2 Å². The number of carbonyl (C=O) groups is 1. The zero-order valence-electron chi connectivity index (χ0n) is 13.3. The summed E-state index contributed by atoms with van der Waals surface area (Å²) in [5.41, 5.74) is 12.6. The maximum absolute atomic E-state index is 12.0. The summed E-state index contributed by atoms with van der Waals surface area (Å²) >= 11 is 0. The smallest absolute Gasteiger partial charge is 0.357 e. The van der Waals surface area contributed by atoms with Gasteiger partial charge in [-0.1, -0.05) is 17.7 Å². The summed E-state index contributed by atoms with van der Waals surface area (Å²) in [6, 6.07) is 4.25. The van der Waals surface area contributed by atoms with E-state index in [9.17, 15) is 4.79 Å². The Labute approximate surface area is 125 Å². The Hall–Kier alpha value is -2.23. The average molecular weight is 286 g/mol. The van der Waals surface area contributed by atoms with Crippen LogP contribution in [-0.4, -0.2) is 17.1 Å². The molecule has 0 bridgehead atoms. The average Bonchev–Trinajstić information content (AvgIpc) is 2.64. The van der Waals surface area contributed by atoms with E-state index in [0.717, 1.165) is 22.3 Å². The first-order chi connectivity index (χ1) is 9.86. The van der Waals surface area contributed by atoms with Gasteiger partial charge in [0.1, 0.15) is 0 Å². The van der Waals surface area contributed by atoms with Gasteiger partial charge in [-0.05, 0) is 44.4 Å². The lowest BCUT2D eigenvalue weighted by molar-refractivity contribution is 0.0516. The van der Waals surface area contributed by atoms with Crippen molar-refractivity contribution in [1.82, 2.24) is 4.57 Å². The number of nitrogens with zero attached hydrogens (tertiary/aromatic N) is 1. The molecular formula is C17H22N2O2. The first-order valence-corrected chi connectivity index (χ1v) is 7.07. The topological polar surface area (TPSA) is 57.2 Å². The molecular weight excluding hydrogens is 264 g/mol. The molecule has 0 radical (unpaired) electrons. The van der Waals surface area contributed by atoms with Crippen LogP contribution >= 0.6 is 0 Å². The molecule has 0 aliphatic carbocycles. The molecule has 112 valence electrons. The van der Waals surface area contributed by atoms with Gasteiger partial charge in [0.25, 0.3) is 0 Å². The minimum absolute atomic E-state index is 0.335. The van der Waals surface area contributed by atoms with Gasteiger partial charge in [0.15, 0.2) is 5.69 Å². The molecule has 2 N–H and O–H groups in total. The van der Waals surface area contributed by atoms with Crippen molar-refractivity contribution in [3.8, 4) is 11.1 Å². The second kappa shape index (κ2) is 5.64. The number of aryl methyl sites for hydroxylation is 4. The van der Waals surface area contributed by atoms with Gasteiger partial charge < -0.3 is 15.0 Å². The SMILES string of the molecule is CCOC(=O)c1c(N)c(-c2c(C)cc(C)cc2C)cn1C. The Bertz CT molecular complexity index is 676. The molecule has 4 heteroatoms. The Morgan fingerprint density at radius 3 is 2.33 bits per heavy atom. The highest BCUT2D eigenvalue weighted by Crippen LogP contribution is 2.35. The van der Waals surface area contributed by atoms with Crippen LogP contribution in [0.15, 0.2) is 18.3 Å². The Morgan fingerprint density at radius 2 is 1.81 bits per heavy atom. The molecule has 4 nitrogen and oxygen atoms in total. The van der Waals surface area contributed by atoms with Gasteiger partial charge in [-0.3, -0.25) is 0 Å². The molecule has 0 atom stereocenters. The number of aromatic nitrogens is 1. The first kappa shape index (κ1) is 15.2. The van der Waals surface area contributed by atoms with Gasteiger partial charge in [-0.25, -0.2) is 4.79 Å². The van der Waals surface area contributed by atoms with E-state index in [2.05, 4.69) is 32.9 Å². The van der Waals surface area contributed by atoms with Crippen molar-refractivity contribution in [2.75, 3.05) is 12.3 Å². The number of anilines is 1. The van der Waals surface area contributed by atoms with Crippen LogP contribution in [-0.2, 0) is 11.8 Å². The van der Waals surface area contributed by atoms with E-state index in [-0.39, 0.29) is 5.97 Å². The van der Waals surface area contributed by atoms with Gasteiger partial charge in [-0.15, -0.1) is 0 Å². The van der Waals surface area contributed by atoms with Crippen LogP contribution < -0.4 is 5.73 Å². The fraction of sp³-hybridized carbons (Fsp3) is 0.353. The van der Waals surface area contributed by atoms with E-state index in [1.54, 1.807) is 11.5 Å². The van der Waals surface area contributed by atoms with Crippen LogP contribution in [0.5, 0.6) is 0 Å². The van der Waals surface area contributed by atoms with Crippen LogP contribution in [0.25, 0.3) is 11.1 Å². The van der Waals surface area contributed by atoms with Gasteiger partial charge in [-0.2, -0.15) is 0 Å². The number of nitrogens with two attached hydrogens (primary N) is 1. The quantitative estimate of drug-likeness (QED) is 0.880. The molecule has 21 heavy (non-hydrogen) atoms. The van der Waals surface area contributed by atoms with Crippen LogP contribution in [0.2, 0.25) is 0 Å². The molecule has 0 aliphatic heterocycles. The van der Waals surface area contributed by atoms with E-state index in [1.165, 1.54) is 5.56 Å². The van der Waals surface area contributed by atoms with E-state index in [4.69, 9.17) is 10.5 Å². The highest BCUT2D eigenvalue weighted by Gasteiger charge is 2.21. The maximum Gasteiger partial charge on any atom is 0.357 e. The molecule has 1 aromatic heterocycles. The van der Waals surface area contributed by atoms with Gasteiger partial charge >= 0.3 is 5.97 Å². The van der Waals surface area contributed by atoms with Crippen molar-refractivity contribution >= 4 is 11.7 Å². The molecule has 0 spiro atoms. The Kier molecular flexibility index (Phi) is 4.07. The summed E-state index contributed by atoms with van der Waals surface area (Å²) in [5, 5.41) is 0. The largest absolute Gasteiger partial charge is 0.461 e. The highest BCUT2D eigenvalue weighted by atomic mass is 16.5. The van der Waals surface area contributed by atoms with Crippen LogP contribution in [0.4, 0.5) is 5.69 Å². The lowest BCUT2D eigenvalue weighted by Gasteiger charge is -2.11. The van der Waals surface area contributed by atoms with E-state index >= 15 is 0 Å². The van der Waals surface area contributed by atoms with Gasteiger partial charge in [0, 0.05) is 18.8 Å². The summed E-state index contributed by atoms with van der Waals surface area (Å²) in [7, 11) is 1.81. The normalized spacial score (nSPS) is 10.7. The number of benzene rings is 1. The van der Waals surface area contributed by atoms with Crippen molar-refractivity contribution in [3.63, 3.8) is 0 Å². The summed E-state index contributed by atoms with van der Waals surface area (Å²) in [5.74, 6) is -0.383. The molecule has 0 saturated carbocycles. The number of esters is 1. The van der Waals surface area contributed by atoms with Crippen LogP contribution in [0, 0.1) is 20.8 Å². The van der Waals surface area contributed by atoms with Crippen molar-refractivity contribution < 1.29 is 9.53 Å². The van der Waals surface area contributed by atoms with Gasteiger partial charge in [0.05, 0.1) is 12.3 Å². The molecule has 0 aliphatic rings. The third-order valence-electron chi connectivity index (χ3n) is 3.64. The third-order valence-corrected chi connectivity index (χ3v) is 3.64. The Balaban J connectivity index is 2.62. The van der Waals surface area contributed by atoms with Gasteiger partial charge in [0.2, 0.25) is 0 Å². The molecule has 0 amide bonds. The second-order valence-electron chi connectivity index (χ2n) is 5.41. The zero-order chi connectivity index (χ0) is 15.7. The maximum atomic E-state index is 12.0.